The molecule has 0 bridgehead atoms. The van der Waals surface area contributed by atoms with E-state index in [-0.39, 0.29) is 23.8 Å². The number of carbonyl (C=O) groups excluding carboxylic acids is 2. The lowest BCUT2D eigenvalue weighted by Crippen LogP contribution is -2.46. The van der Waals surface area contributed by atoms with E-state index in [1.54, 1.807) is 0 Å². The van der Waals surface area contributed by atoms with Crippen LogP contribution in [0.2, 0.25) is 0 Å². The normalized spacial score (nSPS) is 16.6. The first kappa shape index (κ1) is 15.5. The van der Waals surface area contributed by atoms with E-state index in [2.05, 4.69) is 10.6 Å². The molecule has 0 aliphatic heterocycles. The summed E-state index contributed by atoms with van der Waals surface area (Å²) in [4.78, 5) is 34.0. The molecule has 1 aliphatic carbocycles. The number of hydrogen-bond acceptors (Lipinski definition) is 3. The molecule has 3 N–H and O–H groups in total. The molecular formula is C13H22N2O4. The second-order valence-electron chi connectivity index (χ2n) is 6.24. The van der Waals surface area contributed by atoms with Crippen molar-refractivity contribution in [1.29, 1.82) is 0 Å². The average Bonchev–Trinajstić information content (AvgIpc) is 3.03. The number of rotatable bonds is 6. The van der Waals surface area contributed by atoms with Crippen LogP contribution in [0.4, 0.5) is 0 Å². The van der Waals surface area contributed by atoms with Gasteiger partial charge >= 0.3 is 5.97 Å². The van der Waals surface area contributed by atoms with Crippen molar-refractivity contribution < 1.29 is 19.5 Å². The Hall–Kier alpha value is -1.59. The average molecular weight is 270 g/mol. The van der Waals surface area contributed by atoms with Crippen LogP contribution in [0, 0.1) is 11.3 Å². The molecule has 1 unspecified atom stereocenters. The molecule has 0 aromatic carbocycles. The van der Waals surface area contributed by atoms with Crippen LogP contribution in [0.5, 0.6) is 0 Å². The zero-order valence-corrected chi connectivity index (χ0v) is 11.7. The molecule has 6 nitrogen and oxygen atoms in total. The molecule has 1 rings (SSSR count). The minimum atomic E-state index is -1.02. The van der Waals surface area contributed by atoms with Crippen LogP contribution >= 0.6 is 0 Å². The van der Waals surface area contributed by atoms with Crippen molar-refractivity contribution in [3.05, 3.63) is 0 Å². The molecule has 6 heteroatoms. The number of hydrogen-bond donors (Lipinski definition) is 3. The van der Waals surface area contributed by atoms with Gasteiger partial charge in [-0.25, -0.2) is 4.79 Å². The van der Waals surface area contributed by atoms with Crippen molar-refractivity contribution in [1.82, 2.24) is 10.6 Å². The maximum Gasteiger partial charge on any atom is 0.326 e. The third-order valence-corrected chi connectivity index (χ3v) is 2.81. The smallest absolute Gasteiger partial charge is 0.326 e. The molecule has 0 spiro atoms. The molecule has 0 aromatic heterocycles. The second-order valence-corrected chi connectivity index (χ2v) is 6.24. The number of carboxylic acid groups (broad SMARTS) is 1. The number of carboxylic acids is 1. The van der Waals surface area contributed by atoms with E-state index in [0.717, 1.165) is 12.8 Å². The number of carbonyl (C=O) groups is 3. The lowest BCUT2D eigenvalue weighted by atomic mass is 9.92. The predicted molar refractivity (Wildman–Crippen MR) is 69.4 cm³/mol. The Balaban J connectivity index is 2.31. The molecular weight excluding hydrogens is 248 g/mol. The summed E-state index contributed by atoms with van der Waals surface area (Å²) in [6.45, 7) is 5.62. The maximum atomic E-state index is 11.6. The highest BCUT2D eigenvalue weighted by atomic mass is 16.4. The summed E-state index contributed by atoms with van der Waals surface area (Å²) < 4.78 is 0. The van der Waals surface area contributed by atoms with Gasteiger partial charge in [0.1, 0.15) is 6.04 Å². The first-order chi connectivity index (χ1) is 8.69. The van der Waals surface area contributed by atoms with Crippen molar-refractivity contribution in [3.63, 3.8) is 0 Å². The van der Waals surface area contributed by atoms with Gasteiger partial charge in [0.2, 0.25) is 11.8 Å². The number of aliphatic carboxylic acids is 1. The first-order valence-corrected chi connectivity index (χ1v) is 6.48. The van der Waals surface area contributed by atoms with E-state index in [0.29, 0.717) is 6.42 Å². The molecule has 1 aliphatic rings. The van der Waals surface area contributed by atoms with Crippen LogP contribution in [0.15, 0.2) is 0 Å². The summed E-state index contributed by atoms with van der Waals surface area (Å²) in [6, 6.07) is -0.827. The summed E-state index contributed by atoms with van der Waals surface area (Å²) in [5, 5.41) is 13.9. The molecule has 0 radical (unpaired) electrons. The van der Waals surface area contributed by atoms with Crippen LogP contribution in [0.25, 0.3) is 0 Å². The molecule has 1 fully saturated rings. The minimum absolute atomic E-state index is 0.0340. The monoisotopic (exact) mass is 270 g/mol. The van der Waals surface area contributed by atoms with Crippen molar-refractivity contribution in [2.24, 2.45) is 11.3 Å². The molecule has 108 valence electrons. The third-order valence-electron chi connectivity index (χ3n) is 2.81. The Morgan fingerprint density at radius 3 is 2.21 bits per heavy atom. The van der Waals surface area contributed by atoms with E-state index in [1.807, 2.05) is 20.8 Å². The third kappa shape index (κ3) is 6.22. The van der Waals surface area contributed by atoms with Gasteiger partial charge in [-0.1, -0.05) is 20.8 Å². The van der Waals surface area contributed by atoms with Crippen molar-refractivity contribution in [2.45, 2.75) is 46.1 Å². The molecule has 0 heterocycles. The molecule has 0 aromatic rings. The van der Waals surface area contributed by atoms with Gasteiger partial charge in [-0.05, 0) is 24.2 Å². The zero-order chi connectivity index (χ0) is 14.6. The fourth-order valence-corrected chi connectivity index (χ4v) is 1.76. The molecule has 2 amide bonds. The Morgan fingerprint density at radius 2 is 1.79 bits per heavy atom. The van der Waals surface area contributed by atoms with Crippen molar-refractivity contribution in [3.8, 4) is 0 Å². The van der Waals surface area contributed by atoms with Gasteiger partial charge in [0.25, 0.3) is 0 Å². The van der Waals surface area contributed by atoms with Crippen LogP contribution < -0.4 is 10.6 Å². The van der Waals surface area contributed by atoms with Crippen LogP contribution in [-0.4, -0.2) is 35.5 Å². The highest BCUT2D eigenvalue weighted by Gasteiger charge is 2.37. The number of amides is 2. The van der Waals surface area contributed by atoms with Gasteiger partial charge < -0.3 is 15.7 Å². The van der Waals surface area contributed by atoms with Crippen LogP contribution in [0.3, 0.4) is 0 Å². The summed E-state index contributed by atoms with van der Waals surface area (Å²) >= 11 is 0. The van der Waals surface area contributed by atoms with E-state index in [1.165, 1.54) is 0 Å². The van der Waals surface area contributed by atoms with E-state index in [9.17, 15) is 14.4 Å². The summed E-state index contributed by atoms with van der Waals surface area (Å²) in [7, 11) is 0. The topological polar surface area (TPSA) is 95.5 Å². The second kappa shape index (κ2) is 6.04. The first-order valence-electron chi connectivity index (χ1n) is 6.48. The van der Waals surface area contributed by atoms with Crippen LogP contribution in [-0.2, 0) is 14.4 Å². The predicted octanol–water partition coefficient (Wildman–Crippen LogP) is 0.518. The zero-order valence-electron chi connectivity index (χ0n) is 11.7. The fraction of sp³-hybridized carbons (Fsp3) is 0.769. The Morgan fingerprint density at radius 1 is 1.21 bits per heavy atom. The minimum Gasteiger partial charge on any atom is -0.480 e. The van der Waals surface area contributed by atoms with E-state index >= 15 is 0 Å². The van der Waals surface area contributed by atoms with Gasteiger partial charge in [-0.2, -0.15) is 0 Å². The SMILES string of the molecule is CC(C)(C)CC(=O)NCC(=O)NC(C(=O)O)C1CC1. The largest absolute Gasteiger partial charge is 0.480 e. The van der Waals surface area contributed by atoms with Gasteiger partial charge in [0.15, 0.2) is 0 Å². The van der Waals surface area contributed by atoms with Gasteiger partial charge in [-0.15, -0.1) is 0 Å². The lowest BCUT2D eigenvalue weighted by molar-refractivity contribution is -0.142. The highest BCUT2D eigenvalue weighted by Crippen LogP contribution is 2.32. The van der Waals surface area contributed by atoms with Crippen molar-refractivity contribution >= 4 is 17.8 Å². The standard InChI is InChI=1S/C13H22N2O4/c1-13(2,3)6-9(16)14-7-10(17)15-11(12(18)19)8-4-5-8/h8,11H,4-7H2,1-3H3,(H,14,16)(H,15,17)(H,18,19). The fourth-order valence-electron chi connectivity index (χ4n) is 1.76. The Labute approximate surface area is 112 Å². The quantitative estimate of drug-likeness (QED) is 0.655. The summed E-state index contributed by atoms with van der Waals surface area (Å²) in [5.74, 6) is -1.65. The molecule has 1 atom stereocenters. The Bertz CT molecular complexity index is 369. The van der Waals surface area contributed by atoms with Gasteiger partial charge in [0, 0.05) is 6.42 Å². The molecule has 1 saturated carbocycles. The van der Waals surface area contributed by atoms with E-state index in [4.69, 9.17) is 5.11 Å². The Kier molecular flexibility index (Phi) is 4.91. The summed E-state index contributed by atoms with van der Waals surface area (Å²) in [6.07, 6.45) is 1.98. The van der Waals surface area contributed by atoms with E-state index < -0.39 is 17.9 Å². The highest BCUT2D eigenvalue weighted by molar-refractivity contribution is 5.88. The molecule has 0 saturated heterocycles. The van der Waals surface area contributed by atoms with Crippen LogP contribution in [0.1, 0.15) is 40.0 Å². The summed E-state index contributed by atoms with van der Waals surface area (Å²) in [5.41, 5.74) is -0.141. The maximum absolute atomic E-state index is 11.6. The van der Waals surface area contributed by atoms with Gasteiger partial charge in [-0.3, -0.25) is 9.59 Å². The number of nitrogens with one attached hydrogen (secondary N) is 2. The molecule has 19 heavy (non-hydrogen) atoms. The lowest BCUT2D eigenvalue weighted by Gasteiger charge is -2.18. The van der Waals surface area contributed by atoms with Gasteiger partial charge in [0.05, 0.1) is 6.54 Å². The van der Waals surface area contributed by atoms with Crippen molar-refractivity contribution in [2.75, 3.05) is 6.54 Å².